The van der Waals surface area contributed by atoms with Gasteiger partial charge in [-0.25, -0.2) is 0 Å². The molecule has 1 heteroatoms. The Morgan fingerprint density at radius 1 is 0.952 bits per heavy atom. The van der Waals surface area contributed by atoms with Crippen molar-refractivity contribution in [1.29, 1.82) is 0 Å². The van der Waals surface area contributed by atoms with E-state index in [1.165, 1.54) is 70.3 Å². The van der Waals surface area contributed by atoms with Crippen LogP contribution >= 0.6 is 0 Å². The van der Waals surface area contributed by atoms with Crippen LogP contribution in [0, 0.1) is 0 Å². The van der Waals surface area contributed by atoms with Gasteiger partial charge >= 0.3 is 0 Å². The van der Waals surface area contributed by atoms with Crippen LogP contribution in [-0.4, -0.2) is 8.07 Å². The first-order valence-corrected chi connectivity index (χ1v) is 13.1. The largest absolute Gasteiger partial charge is 0.0810 e. The number of hydrogen-bond acceptors (Lipinski definition) is 0. The van der Waals surface area contributed by atoms with Crippen molar-refractivity contribution in [3.8, 4) is 0 Å². The third-order valence-electron chi connectivity index (χ3n) is 4.58. The molecule has 0 aromatic carbocycles. The summed E-state index contributed by atoms with van der Waals surface area (Å²) in [4.78, 5) is 0. The average Bonchev–Trinajstić information content (AvgIpc) is 2.69. The summed E-state index contributed by atoms with van der Waals surface area (Å²) in [7, 11) is -0.931. The fraction of sp³-hybridized carbons (Fsp3) is 0.800. The summed E-state index contributed by atoms with van der Waals surface area (Å²) in [6, 6.07) is 1.46. The zero-order chi connectivity index (χ0) is 15.7. The Kier molecular flexibility index (Phi) is 8.62. The van der Waals surface area contributed by atoms with Gasteiger partial charge < -0.3 is 0 Å². The predicted octanol–water partition coefficient (Wildman–Crippen LogP) is 7.50. The molecular formula is C20H38Si. The Hall–Kier alpha value is -0.303. The van der Waals surface area contributed by atoms with E-state index < -0.39 is 8.07 Å². The minimum Gasteiger partial charge on any atom is -0.0810 e. The van der Waals surface area contributed by atoms with Gasteiger partial charge in [0.2, 0.25) is 0 Å². The van der Waals surface area contributed by atoms with E-state index in [-0.39, 0.29) is 0 Å². The third kappa shape index (κ3) is 7.49. The molecule has 0 saturated carbocycles. The van der Waals surface area contributed by atoms with Crippen LogP contribution in [0.25, 0.3) is 0 Å². The molecule has 1 aliphatic rings. The Morgan fingerprint density at radius 3 is 2.29 bits per heavy atom. The lowest BCUT2D eigenvalue weighted by Crippen LogP contribution is -2.19. The van der Waals surface area contributed by atoms with Crippen molar-refractivity contribution in [2.24, 2.45) is 0 Å². The summed E-state index contributed by atoms with van der Waals surface area (Å²) in [5.74, 6) is 0. The van der Waals surface area contributed by atoms with Crippen LogP contribution in [0.1, 0.15) is 78.1 Å². The Bertz CT molecular complexity index is 355. The molecule has 0 aromatic rings. The van der Waals surface area contributed by atoms with Gasteiger partial charge in [0.15, 0.2) is 0 Å². The summed E-state index contributed by atoms with van der Waals surface area (Å²) in [6.07, 6.45) is 16.1. The summed E-state index contributed by atoms with van der Waals surface area (Å²) in [5.41, 5.74) is 5.32. The lowest BCUT2D eigenvalue weighted by molar-refractivity contribution is 0.706. The minimum atomic E-state index is -0.931. The zero-order valence-corrected chi connectivity index (χ0v) is 16.4. The molecule has 0 atom stereocenters. The SMILES string of the molecule is CCC/C(CC[Si](C)(C)C)=C(/CCC)C1=CCCCCC1. The van der Waals surface area contributed by atoms with E-state index in [1.54, 1.807) is 11.1 Å². The monoisotopic (exact) mass is 306 g/mol. The molecule has 0 radical (unpaired) electrons. The first kappa shape index (κ1) is 18.7. The van der Waals surface area contributed by atoms with Gasteiger partial charge in [-0.15, -0.1) is 0 Å². The lowest BCUT2D eigenvalue weighted by atomic mass is 9.89. The third-order valence-corrected chi connectivity index (χ3v) is 6.33. The number of allylic oxidation sites excluding steroid dienone is 4. The molecule has 0 aromatic heterocycles. The van der Waals surface area contributed by atoms with Gasteiger partial charge in [0.05, 0.1) is 0 Å². The van der Waals surface area contributed by atoms with Crippen LogP contribution in [0.2, 0.25) is 25.7 Å². The Labute approximate surface area is 135 Å². The molecule has 0 bridgehead atoms. The molecular weight excluding hydrogens is 268 g/mol. The van der Waals surface area contributed by atoms with E-state index in [4.69, 9.17) is 0 Å². The topological polar surface area (TPSA) is 0 Å². The predicted molar refractivity (Wildman–Crippen MR) is 101 cm³/mol. The maximum Gasteiger partial charge on any atom is 0.0445 e. The first-order valence-electron chi connectivity index (χ1n) is 9.38. The van der Waals surface area contributed by atoms with Crippen molar-refractivity contribution >= 4 is 8.07 Å². The van der Waals surface area contributed by atoms with Gasteiger partial charge in [-0.1, -0.05) is 70.4 Å². The summed E-state index contributed by atoms with van der Waals surface area (Å²) < 4.78 is 0. The molecule has 0 unspecified atom stereocenters. The molecule has 1 rings (SSSR count). The van der Waals surface area contributed by atoms with Crippen molar-refractivity contribution < 1.29 is 0 Å². The van der Waals surface area contributed by atoms with Crippen LogP contribution in [-0.2, 0) is 0 Å². The lowest BCUT2D eigenvalue weighted by Gasteiger charge is -2.21. The van der Waals surface area contributed by atoms with Gasteiger partial charge in [-0.3, -0.25) is 0 Å². The van der Waals surface area contributed by atoms with Gasteiger partial charge in [-0.2, -0.15) is 0 Å². The maximum absolute atomic E-state index is 2.59. The molecule has 0 heterocycles. The van der Waals surface area contributed by atoms with Gasteiger partial charge in [0.25, 0.3) is 0 Å². The standard InChI is InChI=1S/C20H38Si/c1-6-12-18(16-17-21(3,4)5)20(13-7-2)19-14-10-8-9-11-15-19/h14H,6-13,15-17H2,1-5H3/b20-18+. The first-order chi connectivity index (χ1) is 9.98. The molecule has 0 saturated heterocycles. The van der Waals surface area contributed by atoms with E-state index >= 15 is 0 Å². The van der Waals surface area contributed by atoms with Gasteiger partial charge in [0, 0.05) is 8.07 Å². The van der Waals surface area contributed by atoms with E-state index in [2.05, 4.69) is 39.6 Å². The Morgan fingerprint density at radius 2 is 1.67 bits per heavy atom. The van der Waals surface area contributed by atoms with Crippen LogP contribution in [0.4, 0.5) is 0 Å². The van der Waals surface area contributed by atoms with E-state index in [1.807, 2.05) is 5.57 Å². The van der Waals surface area contributed by atoms with Crippen molar-refractivity contribution in [1.82, 2.24) is 0 Å². The highest BCUT2D eigenvalue weighted by molar-refractivity contribution is 6.76. The number of hydrogen-bond donors (Lipinski definition) is 0. The highest BCUT2D eigenvalue weighted by Crippen LogP contribution is 2.33. The van der Waals surface area contributed by atoms with E-state index in [0.717, 1.165) is 0 Å². The van der Waals surface area contributed by atoms with Crippen LogP contribution in [0.15, 0.2) is 22.8 Å². The van der Waals surface area contributed by atoms with Crippen molar-refractivity contribution in [2.45, 2.75) is 104 Å². The molecule has 0 fully saturated rings. The van der Waals surface area contributed by atoms with E-state index in [9.17, 15) is 0 Å². The quantitative estimate of drug-likeness (QED) is 0.407. The smallest absolute Gasteiger partial charge is 0.0445 e. The highest BCUT2D eigenvalue weighted by atomic mass is 28.3. The summed E-state index contributed by atoms with van der Waals surface area (Å²) in [5, 5.41) is 0. The van der Waals surface area contributed by atoms with Crippen molar-refractivity contribution in [3.05, 3.63) is 22.8 Å². The van der Waals surface area contributed by atoms with Crippen LogP contribution in [0.5, 0.6) is 0 Å². The average molecular weight is 307 g/mol. The van der Waals surface area contributed by atoms with Gasteiger partial charge in [-0.05, 0) is 56.1 Å². The molecule has 122 valence electrons. The summed E-state index contributed by atoms with van der Waals surface area (Å²) >= 11 is 0. The molecule has 1 aliphatic carbocycles. The fourth-order valence-electron chi connectivity index (χ4n) is 3.36. The zero-order valence-electron chi connectivity index (χ0n) is 15.4. The van der Waals surface area contributed by atoms with Crippen LogP contribution < -0.4 is 0 Å². The Balaban J connectivity index is 2.98. The fourth-order valence-corrected chi connectivity index (χ4v) is 4.41. The highest BCUT2D eigenvalue weighted by Gasteiger charge is 2.17. The minimum absolute atomic E-state index is 0.931. The molecule has 0 spiro atoms. The van der Waals surface area contributed by atoms with E-state index in [0.29, 0.717) is 0 Å². The molecule has 0 aliphatic heterocycles. The van der Waals surface area contributed by atoms with Crippen molar-refractivity contribution in [2.75, 3.05) is 0 Å². The second kappa shape index (κ2) is 9.66. The molecule has 21 heavy (non-hydrogen) atoms. The summed E-state index contributed by atoms with van der Waals surface area (Å²) in [6.45, 7) is 12.2. The van der Waals surface area contributed by atoms with Gasteiger partial charge in [0.1, 0.15) is 0 Å². The molecule has 0 N–H and O–H groups in total. The second-order valence-corrected chi connectivity index (χ2v) is 13.6. The maximum atomic E-state index is 2.59. The number of rotatable bonds is 8. The van der Waals surface area contributed by atoms with Crippen LogP contribution in [0.3, 0.4) is 0 Å². The molecule has 0 nitrogen and oxygen atoms in total. The second-order valence-electron chi connectivity index (χ2n) is 7.97. The van der Waals surface area contributed by atoms with Crippen molar-refractivity contribution in [3.63, 3.8) is 0 Å². The normalized spacial score (nSPS) is 18.0. The molecule has 0 amide bonds.